The molecule has 2 fully saturated rings. The zero-order valence-electron chi connectivity index (χ0n) is 11.7. The fraction of sp³-hybridized carbons (Fsp3) is 0.929. The molecule has 0 saturated carbocycles. The Hall–Kier alpha value is -0.770. The highest BCUT2D eigenvalue weighted by atomic mass is 16.2. The number of nitrogens with one attached hydrogen (secondary N) is 1. The van der Waals surface area contributed by atoms with E-state index in [0.717, 1.165) is 32.6 Å². The average Bonchev–Trinajstić information content (AvgIpc) is 2.40. The van der Waals surface area contributed by atoms with Gasteiger partial charge in [-0.2, -0.15) is 0 Å². The summed E-state index contributed by atoms with van der Waals surface area (Å²) in [6.45, 7) is 8.30. The third kappa shape index (κ3) is 4.16. The fourth-order valence-corrected chi connectivity index (χ4v) is 2.99. The highest BCUT2D eigenvalue weighted by Gasteiger charge is 2.20. The summed E-state index contributed by atoms with van der Waals surface area (Å²) in [7, 11) is 0. The van der Waals surface area contributed by atoms with Crippen molar-refractivity contribution in [3.63, 3.8) is 0 Å². The molecule has 0 aromatic rings. The number of rotatable bonds is 3. The molecule has 2 saturated heterocycles. The first-order valence-corrected chi connectivity index (χ1v) is 7.51. The van der Waals surface area contributed by atoms with E-state index < -0.39 is 0 Å². The highest BCUT2D eigenvalue weighted by Crippen LogP contribution is 2.15. The maximum absolute atomic E-state index is 12.0. The molecule has 0 bridgehead atoms. The molecule has 0 radical (unpaired) electrons. The van der Waals surface area contributed by atoms with Crippen LogP contribution in [0.4, 0.5) is 4.79 Å². The van der Waals surface area contributed by atoms with Crippen LogP contribution >= 0.6 is 0 Å². The average molecular weight is 253 g/mol. The maximum atomic E-state index is 12.0. The topological polar surface area (TPSA) is 35.6 Å². The van der Waals surface area contributed by atoms with Gasteiger partial charge >= 0.3 is 6.03 Å². The molecule has 2 aliphatic rings. The number of hydrogen-bond acceptors (Lipinski definition) is 2. The molecule has 2 amide bonds. The zero-order valence-corrected chi connectivity index (χ0v) is 11.7. The molecule has 18 heavy (non-hydrogen) atoms. The van der Waals surface area contributed by atoms with Gasteiger partial charge in [0, 0.05) is 26.2 Å². The monoisotopic (exact) mass is 253 g/mol. The van der Waals surface area contributed by atoms with Gasteiger partial charge in [0.05, 0.1) is 0 Å². The first-order valence-electron chi connectivity index (χ1n) is 7.51. The van der Waals surface area contributed by atoms with Crippen LogP contribution in [0.15, 0.2) is 0 Å². The Bertz CT molecular complexity index is 264. The largest absolute Gasteiger partial charge is 0.337 e. The maximum Gasteiger partial charge on any atom is 0.317 e. The lowest BCUT2D eigenvalue weighted by molar-refractivity contribution is 0.166. The van der Waals surface area contributed by atoms with E-state index in [-0.39, 0.29) is 6.03 Å². The number of carbonyl (C=O) groups excluding carboxylic acids is 1. The molecule has 0 aromatic heterocycles. The smallest absolute Gasteiger partial charge is 0.317 e. The summed E-state index contributed by atoms with van der Waals surface area (Å²) in [6.07, 6.45) is 6.42. The summed E-state index contributed by atoms with van der Waals surface area (Å²) in [5, 5.41) is 3.07. The molecule has 0 aromatic carbocycles. The van der Waals surface area contributed by atoms with Gasteiger partial charge in [0.15, 0.2) is 0 Å². The van der Waals surface area contributed by atoms with Gasteiger partial charge in [-0.05, 0) is 44.7 Å². The lowest BCUT2D eigenvalue weighted by atomic mass is 10.0. The van der Waals surface area contributed by atoms with E-state index in [1.807, 2.05) is 4.90 Å². The van der Waals surface area contributed by atoms with E-state index in [1.54, 1.807) is 0 Å². The fourth-order valence-electron chi connectivity index (χ4n) is 2.99. The van der Waals surface area contributed by atoms with Gasteiger partial charge in [0.25, 0.3) is 0 Å². The summed E-state index contributed by atoms with van der Waals surface area (Å²) >= 11 is 0. The Labute approximate surface area is 111 Å². The van der Waals surface area contributed by atoms with Crippen molar-refractivity contribution in [2.75, 3.05) is 39.3 Å². The van der Waals surface area contributed by atoms with E-state index in [9.17, 15) is 4.79 Å². The SMILES string of the molecule is CC1CCCN(C(=O)NCCN2CCCCC2)C1. The van der Waals surface area contributed by atoms with Gasteiger partial charge in [0.2, 0.25) is 0 Å². The molecule has 104 valence electrons. The Morgan fingerprint density at radius 2 is 1.94 bits per heavy atom. The molecule has 4 nitrogen and oxygen atoms in total. The minimum Gasteiger partial charge on any atom is -0.337 e. The number of urea groups is 1. The van der Waals surface area contributed by atoms with Gasteiger partial charge in [-0.1, -0.05) is 13.3 Å². The van der Waals surface area contributed by atoms with Crippen LogP contribution in [-0.2, 0) is 0 Å². The van der Waals surface area contributed by atoms with Crippen molar-refractivity contribution < 1.29 is 4.79 Å². The molecular formula is C14H27N3O. The number of carbonyl (C=O) groups is 1. The van der Waals surface area contributed by atoms with Crippen molar-refractivity contribution in [2.24, 2.45) is 5.92 Å². The molecular weight excluding hydrogens is 226 g/mol. The van der Waals surface area contributed by atoms with Gasteiger partial charge in [-0.3, -0.25) is 0 Å². The third-order valence-electron chi connectivity index (χ3n) is 4.10. The van der Waals surface area contributed by atoms with Crippen LogP contribution in [0, 0.1) is 5.92 Å². The van der Waals surface area contributed by atoms with Crippen LogP contribution < -0.4 is 5.32 Å². The quantitative estimate of drug-likeness (QED) is 0.834. The second-order valence-electron chi connectivity index (χ2n) is 5.83. The molecule has 1 unspecified atom stereocenters. The van der Waals surface area contributed by atoms with Gasteiger partial charge < -0.3 is 15.1 Å². The number of hydrogen-bond donors (Lipinski definition) is 1. The van der Waals surface area contributed by atoms with E-state index >= 15 is 0 Å². The van der Waals surface area contributed by atoms with E-state index in [4.69, 9.17) is 0 Å². The Morgan fingerprint density at radius 3 is 2.67 bits per heavy atom. The molecule has 2 aliphatic heterocycles. The Kier molecular flexibility index (Phi) is 5.29. The lowest BCUT2D eigenvalue weighted by Gasteiger charge is -2.31. The first-order chi connectivity index (χ1) is 8.75. The predicted octanol–water partition coefficient (Wildman–Crippen LogP) is 1.91. The predicted molar refractivity (Wildman–Crippen MR) is 73.7 cm³/mol. The van der Waals surface area contributed by atoms with Crippen LogP contribution in [0.25, 0.3) is 0 Å². The summed E-state index contributed by atoms with van der Waals surface area (Å²) in [5.41, 5.74) is 0. The van der Waals surface area contributed by atoms with Crippen molar-refractivity contribution in [2.45, 2.75) is 39.0 Å². The molecule has 2 rings (SSSR count). The van der Waals surface area contributed by atoms with Crippen molar-refractivity contribution >= 4 is 6.03 Å². The third-order valence-corrected chi connectivity index (χ3v) is 4.10. The first kappa shape index (κ1) is 13.7. The molecule has 2 heterocycles. The summed E-state index contributed by atoms with van der Waals surface area (Å²) < 4.78 is 0. The number of amides is 2. The van der Waals surface area contributed by atoms with Crippen molar-refractivity contribution in [3.05, 3.63) is 0 Å². The van der Waals surface area contributed by atoms with E-state index in [0.29, 0.717) is 5.92 Å². The van der Waals surface area contributed by atoms with Crippen molar-refractivity contribution in [1.29, 1.82) is 0 Å². The second-order valence-corrected chi connectivity index (χ2v) is 5.83. The molecule has 0 spiro atoms. The number of piperidine rings is 2. The molecule has 0 aliphatic carbocycles. The molecule has 1 N–H and O–H groups in total. The summed E-state index contributed by atoms with van der Waals surface area (Å²) in [6, 6.07) is 0.138. The Balaban J connectivity index is 1.61. The standard InChI is InChI=1S/C14H27N3O/c1-13-6-5-10-17(12-13)14(18)15-7-11-16-8-3-2-4-9-16/h13H,2-12H2,1H3,(H,15,18). The van der Waals surface area contributed by atoms with Crippen LogP contribution in [0.2, 0.25) is 0 Å². The normalized spacial score (nSPS) is 26.1. The highest BCUT2D eigenvalue weighted by molar-refractivity contribution is 5.74. The second kappa shape index (κ2) is 6.98. The minimum atomic E-state index is 0.138. The van der Waals surface area contributed by atoms with Gasteiger partial charge in [0.1, 0.15) is 0 Å². The summed E-state index contributed by atoms with van der Waals surface area (Å²) in [5.74, 6) is 0.659. The minimum absolute atomic E-state index is 0.138. The molecule has 1 atom stereocenters. The zero-order chi connectivity index (χ0) is 12.8. The number of nitrogens with zero attached hydrogens (tertiary/aromatic N) is 2. The van der Waals surface area contributed by atoms with Gasteiger partial charge in [-0.25, -0.2) is 4.79 Å². The summed E-state index contributed by atoms with van der Waals surface area (Å²) in [4.78, 5) is 16.4. The van der Waals surface area contributed by atoms with Crippen LogP contribution in [0.5, 0.6) is 0 Å². The van der Waals surface area contributed by atoms with Gasteiger partial charge in [-0.15, -0.1) is 0 Å². The molecule has 4 heteroatoms. The Morgan fingerprint density at radius 1 is 1.17 bits per heavy atom. The van der Waals surface area contributed by atoms with E-state index in [2.05, 4.69) is 17.1 Å². The number of likely N-dealkylation sites (tertiary alicyclic amines) is 2. The van der Waals surface area contributed by atoms with Crippen LogP contribution in [0.1, 0.15) is 39.0 Å². The van der Waals surface area contributed by atoms with Crippen LogP contribution in [-0.4, -0.2) is 55.1 Å². The van der Waals surface area contributed by atoms with Crippen LogP contribution in [0.3, 0.4) is 0 Å². The van der Waals surface area contributed by atoms with Crippen molar-refractivity contribution in [3.8, 4) is 0 Å². The van der Waals surface area contributed by atoms with Crippen molar-refractivity contribution in [1.82, 2.24) is 15.1 Å². The lowest BCUT2D eigenvalue weighted by Crippen LogP contribution is -2.47. The van der Waals surface area contributed by atoms with E-state index in [1.165, 1.54) is 38.8 Å².